The van der Waals surface area contributed by atoms with Gasteiger partial charge in [0.2, 0.25) is 11.8 Å². The fourth-order valence-corrected chi connectivity index (χ4v) is 1.99. The Labute approximate surface area is 99.8 Å². The van der Waals surface area contributed by atoms with Crippen LogP contribution in [-0.2, 0) is 16.0 Å². The predicted molar refractivity (Wildman–Crippen MR) is 65.6 cm³/mol. The van der Waals surface area contributed by atoms with Crippen molar-refractivity contribution in [3.8, 4) is 0 Å². The predicted octanol–water partition coefficient (Wildman–Crippen LogP) is 1.06. The van der Waals surface area contributed by atoms with Crippen molar-refractivity contribution < 1.29 is 9.59 Å². The molecule has 0 unspecified atom stereocenters. The number of carbonyl (C=O) groups excluding carboxylic acids is 2. The van der Waals surface area contributed by atoms with Gasteiger partial charge in [-0.3, -0.25) is 20.0 Å². The van der Waals surface area contributed by atoms with Crippen LogP contribution in [0, 0.1) is 0 Å². The lowest BCUT2D eigenvalue weighted by Crippen LogP contribution is -2.39. The van der Waals surface area contributed by atoms with Crippen molar-refractivity contribution in [1.82, 2.24) is 5.43 Å². The first kappa shape index (κ1) is 11.4. The van der Waals surface area contributed by atoms with Crippen LogP contribution in [0.25, 0.3) is 0 Å². The fourth-order valence-electron chi connectivity index (χ4n) is 1.99. The standard InChI is InChI=1S/C12H15N3O2/c1-8(16)13-11-3-4-12-10(7-11)5-6-15(12)14-9(2)17/h3-4,7H,5-6H2,1-2H3,(H,13,16)(H,14,17). The molecule has 5 nitrogen and oxygen atoms in total. The molecular formula is C12H15N3O2. The molecule has 2 N–H and O–H groups in total. The van der Waals surface area contributed by atoms with E-state index in [9.17, 15) is 9.59 Å². The zero-order valence-corrected chi connectivity index (χ0v) is 9.91. The molecule has 0 aliphatic carbocycles. The number of rotatable bonds is 2. The molecule has 0 fully saturated rings. The van der Waals surface area contributed by atoms with Gasteiger partial charge in [0.25, 0.3) is 0 Å². The number of anilines is 2. The Morgan fingerprint density at radius 2 is 2.00 bits per heavy atom. The highest BCUT2D eigenvalue weighted by molar-refractivity contribution is 5.89. The molecule has 2 rings (SSSR count). The molecule has 2 amide bonds. The number of nitrogens with zero attached hydrogens (tertiary/aromatic N) is 1. The van der Waals surface area contributed by atoms with Gasteiger partial charge in [-0.25, -0.2) is 0 Å². The van der Waals surface area contributed by atoms with Crippen molar-refractivity contribution in [2.75, 3.05) is 16.9 Å². The number of carbonyl (C=O) groups is 2. The molecule has 1 aromatic carbocycles. The maximum absolute atomic E-state index is 11.0. The van der Waals surface area contributed by atoms with Gasteiger partial charge >= 0.3 is 0 Å². The average Bonchev–Trinajstić information content (AvgIpc) is 2.59. The second-order valence-electron chi connectivity index (χ2n) is 4.09. The van der Waals surface area contributed by atoms with Gasteiger partial charge in [0.1, 0.15) is 0 Å². The van der Waals surface area contributed by atoms with E-state index in [1.54, 1.807) is 0 Å². The van der Waals surface area contributed by atoms with Gasteiger partial charge in [0, 0.05) is 26.1 Å². The molecule has 17 heavy (non-hydrogen) atoms. The van der Waals surface area contributed by atoms with E-state index in [0.29, 0.717) is 0 Å². The lowest BCUT2D eigenvalue weighted by atomic mass is 10.1. The van der Waals surface area contributed by atoms with Gasteiger partial charge < -0.3 is 5.32 Å². The molecule has 0 aromatic heterocycles. The van der Waals surface area contributed by atoms with Crippen LogP contribution < -0.4 is 15.8 Å². The molecule has 0 atom stereocenters. The van der Waals surface area contributed by atoms with E-state index in [2.05, 4.69) is 10.7 Å². The Morgan fingerprint density at radius 3 is 2.65 bits per heavy atom. The number of hydrazine groups is 1. The summed E-state index contributed by atoms with van der Waals surface area (Å²) in [6.45, 7) is 3.74. The van der Waals surface area contributed by atoms with Crippen molar-refractivity contribution in [2.24, 2.45) is 0 Å². The summed E-state index contributed by atoms with van der Waals surface area (Å²) >= 11 is 0. The summed E-state index contributed by atoms with van der Waals surface area (Å²) in [4.78, 5) is 22.0. The smallest absolute Gasteiger partial charge is 0.235 e. The average molecular weight is 233 g/mol. The zero-order chi connectivity index (χ0) is 12.4. The first-order chi connectivity index (χ1) is 8.06. The van der Waals surface area contributed by atoms with Crippen LogP contribution in [0.1, 0.15) is 19.4 Å². The van der Waals surface area contributed by atoms with Gasteiger partial charge in [-0.05, 0) is 30.2 Å². The molecule has 0 spiro atoms. The van der Waals surface area contributed by atoms with Crippen molar-refractivity contribution in [3.63, 3.8) is 0 Å². The van der Waals surface area contributed by atoms with Gasteiger partial charge in [-0.1, -0.05) is 0 Å². The minimum Gasteiger partial charge on any atom is -0.326 e. The van der Waals surface area contributed by atoms with Crippen LogP contribution in [0.3, 0.4) is 0 Å². The van der Waals surface area contributed by atoms with E-state index in [4.69, 9.17) is 0 Å². The molecule has 0 radical (unpaired) electrons. The minimum atomic E-state index is -0.0818. The molecule has 0 saturated heterocycles. The maximum atomic E-state index is 11.0. The van der Waals surface area contributed by atoms with E-state index in [1.165, 1.54) is 13.8 Å². The number of fused-ring (bicyclic) bond motifs is 1. The first-order valence-electron chi connectivity index (χ1n) is 5.51. The number of amides is 2. The second-order valence-corrected chi connectivity index (χ2v) is 4.09. The van der Waals surface area contributed by atoms with Crippen LogP contribution in [0.5, 0.6) is 0 Å². The third-order valence-corrected chi connectivity index (χ3v) is 2.59. The van der Waals surface area contributed by atoms with Gasteiger partial charge in [0.15, 0.2) is 0 Å². The van der Waals surface area contributed by atoms with Crippen LogP contribution in [0.2, 0.25) is 0 Å². The van der Waals surface area contributed by atoms with Gasteiger partial charge in [-0.2, -0.15) is 0 Å². The van der Waals surface area contributed by atoms with E-state index in [1.807, 2.05) is 23.2 Å². The second kappa shape index (κ2) is 4.45. The minimum absolute atomic E-state index is 0.0798. The molecule has 1 aromatic rings. The molecule has 1 heterocycles. The molecule has 90 valence electrons. The summed E-state index contributed by atoms with van der Waals surface area (Å²) < 4.78 is 0. The molecule has 1 aliphatic rings. The Balaban J connectivity index is 2.19. The van der Waals surface area contributed by atoms with Crippen molar-refractivity contribution in [2.45, 2.75) is 20.3 Å². The number of hydrogen-bond acceptors (Lipinski definition) is 3. The number of nitrogens with one attached hydrogen (secondary N) is 2. The molecular weight excluding hydrogens is 218 g/mol. The highest BCUT2D eigenvalue weighted by Gasteiger charge is 2.19. The third kappa shape index (κ3) is 2.55. The lowest BCUT2D eigenvalue weighted by Gasteiger charge is -2.19. The molecule has 1 aliphatic heterocycles. The quantitative estimate of drug-likeness (QED) is 0.803. The van der Waals surface area contributed by atoms with Crippen LogP contribution >= 0.6 is 0 Å². The summed E-state index contributed by atoms with van der Waals surface area (Å²) in [5, 5.41) is 4.57. The summed E-state index contributed by atoms with van der Waals surface area (Å²) in [6, 6.07) is 5.68. The Morgan fingerprint density at radius 1 is 1.24 bits per heavy atom. The third-order valence-electron chi connectivity index (χ3n) is 2.59. The SMILES string of the molecule is CC(=O)Nc1ccc2c(c1)CCN2NC(C)=O. The largest absolute Gasteiger partial charge is 0.326 e. The monoisotopic (exact) mass is 233 g/mol. The molecule has 0 saturated carbocycles. The Bertz CT molecular complexity index is 471. The summed E-state index contributed by atoms with van der Waals surface area (Å²) in [5.74, 6) is -0.162. The molecule has 5 heteroatoms. The highest BCUT2D eigenvalue weighted by Crippen LogP contribution is 2.29. The van der Waals surface area contributed by atoms with Gasteiger partial charge in [-0.15, -0.1) is 0 Å². The van der Waals surface area contributed by atoms with Crippen molar-refractivity contribution >= 4 is 23.2 Å². The summed E-state index contributed by atoms with van der Waals surface area (Å²) in [5.41, 5.74) is 5.68. The Hall–Kier alpha value is -2.04. The van der Waals surface area contributed by atoms with Crippen molar-refractivity contribution in [3.05, 3.63) is 23.8 Å². The van der Waals surface area contributed by atoms with E-state index >= 15 is 0 Å². The Kier molecular flexibility index (Phi) is 2.99. The maximum Gasteiger partial charge on any atom is 0.235 e. The number of hydrogen-bond donors (Lipinski definition) is 2. The van der Waals surface area contributed by atoms with Crippen LogP contribution in [-0.4, -0.2) is 18.4 Å². The summed E-state index contributed by atoms with van der Waals surface area (Å²) in [6.07, 6.45) is 0.864. The first-order valence-corrected chi connectivity index (χ1v) is 5.51. The fraction of sp³-hybridized carbons (Fsp3) is 0.333. The van der Waals surface area contributed by atoms with E-state index in [0.717, 1.165) is 29.9 Å². The lowest BCUT2D eigenvalue weighted by molar-refractivity contribution is -0.119. The van der Waals surface area contributed by atoms with E-state index in [-0.39, 0.29) is 11.8 Å². The van der Waals surface area contributed by atoms with Crippen LogP contribution in [0.15, 0.2) is 18.2 Å². The number of benzene rings is 1. The zero-order valence-electron chi connectivity index (χ0n) is 9.91. The van der Waals surface area contributed by atoms with Crippen molar-refractivity contribution in [1.29, 1.82) is 0 Å². The topological polar surface area (TPSA) is 61.4 Å². The van der Waals surface area contributed by atoms with Crippen LogP contribution in [0.4, 0.5) is 11.4 Å². The van der Waals surface area contributed by atoms with E-state index < -0.39 is 0 Å². The highest BCUT2D eigenvalue weighted by atomic mass is 16.2. The summed E-state index contributed by atoms with van der Waals surface area (Å²) in [7, 11) is 0. The normalized spacial score (nSPS) is 13.2. The molecule has 0 bridgehead atoms. The van der Waals surface area contributed by atoms with Gasteiger partial charge in [0.05, 0.1) is 5.69 Å².